The highest BCUT2D eigenvalue weighted by atomic mass is 16.5. The minimum atomic E-state index is -0.490. The van der Waals surface area contributed by atoms with Crippen molar-refractivity contribution in [1.82, 2.24) is 0 Å². The average Bonchev–Trinajstić information content (AvgIpc) is 2.50. The summed E-state index contributed by atoms with van der Waals surface area (Å²) < 4.78 is 9.97. The molecule has 0 aromatic rings. The molecule has 1 rings (SSSR count). The maximum atomic E-state index is 12.0. The van der Waals surface area contributed by atoms with Gasteiger partial charge in [-0.05, 0) is 19.4 Å². The third kappa shape index (κ3) is 6.20. The van der Waals surface area contributed by atoms with Crippen molar-refractivity contribution in [2.24, 2.45) is 11.8 Å². The van der Waals surface area contributed by atoms with Gasteiger partial charge in [0.05, 0.1) is 18.9 Å². The van der Waals surface area contributed by atoms with Gasteiger partial charge in [0, 0.05) is 0 Å². The van der Waals surface area contributed by atoms with Crippen LogP contribution in [0.3, 0.4) is 0 Å². The molecule has 0 unspecified atom stereocenters. The summed E-state index contributed by atoms with van der Waals surface area (Å²) in [6.45, 7) is 3.91. The van der Waals surface area contributed by atoms with E-state index in [1.807, 2.05) is 0 Å². The molecule has 1 aliphatic heterocycles. The molecule has 0 radical (unpaired) electrons. The molecule has 0 amide bonds. The minimum absolute atomic E-state index is 0.293. The molecule has 0 fully saturated rings. The number of allylic oxidation sites excluding steroid dienone is 1. The van der Waals surface area contributed by atoms with Gasteiger partial charge in [-0.25, -0.2) is 0 Å². The Kier molecular flexibility index (Phi) is 8.86. The summed E-state index contributed by atoms with van der Waals surface area (Å²) in [6.07, 6.45) is 12.1. The number of methoxy groups -OCH3 is 1. The summed E-state index contributed by atoms with van der Waals surface area (Å²) in [6, 6.07) is 0. The van der Waals surface area contributed by atoms with Crippen LogP contribution in [0.2, 0.25) is 0 Å². The van der Waals surface area contributed by atoms with Crippen molar-refractivity contribution in [2.45, 2.75) is 71.6 Å². The van der Waals surface area contributed by atoms with Crippen LogP contribution in [0, 0.1) is 11.8 Å². The first-order valence-electron chi connectivity index (χ1n) is 8.58. The van der Waals surface area contributed by atoms with Crippen LogP contribution in [-0.4, -0.2) is 19.0 Å². The van der Waals surface area contributed by atoms with E-state index in [1.54, 1.807) is 13.0 Å². The van der Waals surface area contributed by atoms with E-state index in [1.165, 1.54) is 45.6 Å². The van der Waals surface area contributed by atoms with Gasteiger partial charge < -0.3 is 9.47 Å². The quantitative estimate of drug-likeness (QED) is 0.444. The predicted octanol–water partition coefficient (Wildman–Crippen LogP) is 4.38. The van der Waals surface area contributed by atoms with Gasteiger partial charge in [0.15, 0.2) is 0 Å². The molecule has 0 N–H and O–H groups in total. The van der Waals surface area contributed by atoms with Gasteiger partial charge in [-0.15, -0.1) is 0 Å². The highest BCUT2D eigenvalue weighted by Crippen LogP contribution is 2.29. The molecule has 126 valence electrons. The summed E-state index contributed by atoms with van der Waals surface area (Å²) in [5.41, 5.74) is 0. The van der Waals surface area contributed by atoms with E-state index in [-0.39, 0.29) is 11.9 Å². The first-order chi connectivity index (χ1) is 10.6. The van der Waals surface area contributed by atoms with E-state index in [2.05, 4.69) is 6.92 Å². The van der Waals surface area contributed by atoms with Crippen LogP contribution in [0.15, 0.2) is 11.8 Å². The van der Waals surface area contributed by atoms with Crippen LogP contribution in [0.4, 0.5) is 0 Å². The Morgan fingerprint density at radius 2 is 1.73 bits per heavy atom. The standard InChI is InChI=1S/C18H30O4/c1-4-5-6-7-8-9-10-11-12-15-16(17(19)21-3)13-14(2)22-18(15)20/h13,15-16H,4-12H2,1-3H3/t15-,16-/m0/s1. The fourth-order valence-corrected chi connectivity index (χ4v) is 2.95. The summed E-state index contributed by atoms with van der Waals surface area (Å²) in [7, 11) is 1.36. The molecule has 4 heteroatoms. The van der Waals surface area contributed by atoms with Gasteiger partial charge in [-0.2, -0.15) is 0 Å². The van der Waals surface area contributed by atoms with Crippen molar-refractivity contribution in [3.8, 4) is 0 Å². The Bertz CT molecular complexity index is 387. The highest BCUT2D eigenvalue weighted by Gasteiger charge is 2.37. The maximum Gasteiger partial charge on any atom is 0.315 e. The molecule has 22 heavy (non-hydrogen) atoms. The maximum absolute atomic E-state index is 12.0. The van der Waals surface area contributed by atoms with Crippen LogP contribution in [0.5, 0.6) is 0 Å². The predicted molar refractivity (Wildman–Crippen MR) is 86.1 cm³/mol. The van der Waals surface area contributed by atoms with E-state index >= 15 is 0 Å². The largest absolute Gasteiger partial charge is 0.469 e. The van der Waals surface area contributed by atoms with E-state index in [4.69, 9.17) is 9.47 Å². The smallest absolute Gasteiger partial charge is 0.315 e. The van der Waals surface area contributed by atoms with E-state index in [9.17, 15) is 9.59 Å². The number of esters is 2. The molecule has 0 spiro atoms. The number of cyclic esters (lactones) is 1. The monoisotopic (exact) mass is 310 g/mol. The highest BCUT2D eigenvalue weighted by molar-refractivity contribution is 5.85. The van der Waals surface area contributed by atoms with Crippen LogP contribution in [0.1, 0.15) is 71.6 Å². The Morgan fingerprint density at radius 1 is 1.14 bits per heavy atom. The molecule has 4 nitrogen and oxygen atoms in total. The zero-order chi connectivity index (χ0) is 16.4. The number of rotatable bonds is 10. The lowest BCUT2D eigenvalue weighted by Crippen LogP contribution is -2.34. The zero-order valence-electron chi connectivity index (χ0n) is 14.2. The van der Waals surface area contributed by atoms with Crippen molar-refractivity contribution < 1.29 is 19.1 Å². The van der Waals surface area contributed by atoms with Gasteiger partial charge in [0.25, 0.3) is 0 Å². The molecule has 0 aromatic heterocycles. The van der Waals surface area contributed by atoms with Crippen LogP contribution < -0.4 is 0 Å². The van der Waals surface area contributed by atoms with Gasteiger partial charge in [-0.3, -0.25) is 9.59 Å². The summed E-state index contributed by atoms with van der Waals surface area (Å²) in [4.78, 5) is 23.8. The third-order valence-electron chi connectivity index (χ3n) is 4.25. The molecular weight excluding hydrogens is 280 g/mol. The van der Waals surface area contributed by atoms with Gasteiger partial charge >= 0.3 is 11.9 Å². The summed E-state index contributed by atoms with van der Waals surface area (Å²) in [5.74, 6) is -1.03. The van der Waals surface area contributed by atoms with E-state index < -0.39 is 11.8 Å². The Morgan fingerprint density at radius 3 is 2.32 bits per heavy atom. The number of unbranched alkanes of at least 4 members (excludes halogenated alkanes) is 7. The topological polar surface area (TPSA) is 52.6 Å². The second-order valence-corrected chi connectivity index (χ2v) is 6.12. The number of carbonyl (C=O) groups excluding carboxylic acids is 2. The molecular formula is C18H30O4. The van der Waals surface area contributed by atoms with Crippen LogP contribution in [0.25, 0.3) is 0 Å². The van der Waals surface area contributed by atoms with Crippen LogP contribution >= 0.6 is 0 Å². The van der Waals surface area contributed by atoms with Gasteiger partial charge in [-0.1, -0.05) is 58.3 Å². The van der Waals surface area contributed by atoms with Crippen LogP contribution in [-0.2, 0) is 19.1 Å². The Hall–Kier alpha value is -1.32. The van der Waals surface area contributed by atoms with Gasteiger partial charge in [0.1, 0.15) is 5.76 Å². The lowest BCUT2D eigenvalue weighted by atomic mass is 9.85. The van der Waals surface area contributed by atoms with Crippen molar-refractivity contribution in [1.29, 1.82) is 0 Å². The van der Waals surface area contributed by atoms with Crippen molar-refractivity contribution >= 4 is 11.9 Å². The molecule has 1 aliphatic rings. The summed E-state index contributed by atoms with van der Waals surface area (Å²) >= 11 is 0. The fraction of sp³-hybridized carbons (Fsp3) is 0.778. The normalized spacial score (nSPS) is 21.2. The number of hydrogen-bond donors (Lipinski definition) is 0. The lowest BCUT2D eigenvalue weighted by Gasteiger charge is -2.26. The minimum Gasteiger partial charge on any atom is -0.469 e. The third-order valence-corrected chi connectivity index (χ3v) is 4.25. The molecule has 0 bridgehead atoms. The molecule has 0 aliphatic carbocycles. The average molecular weight is 310 g/mol. The van der Waals surface area contributed by atoms with E-state index in [0.717, 1.165) is 12.8 Å². The number of hydrogen-bond acceptors (Lipinski definition) is 4. The van der Waals surface area contributed by atoms with Crippen molar-refractivity contribution in [2.75, 3.05) is 7.11 Å². The van der Waals surface area contributed by atoms with Crippen molar-refractivity contribution in [3.05, 3.63) is 11.8 Å². The Labute approximate surface area is 134 Å². The van der Waals surface area contributed by atoms with Gasteiger partial charge in [0.2, 0.25) is 0 Å². The Balaban J connectivity index is 2.33. The summed E-state index contributed by atoms with van der Waals surface area (Å²) in [5, 5.41) is 0. The zero-order valence-corrected chi connectivity index (χ0v) is 14.2. The van der Waals surface area contributed by atoms with E-state index in [0.29, 0.717) is 12.2 Å². The number of carbonyl (C=O) groups is 2. The first kappa shape index (κ1) is 18.7. The molecule has 0 saturated carbocycles. The fourth-order valence-electron chi connectivity index (χ4n) is 2.95. The molecule has 1 heterocycles. The number of ether oxygens (including phenoxy) is 2. The lowest BCUT2D eigenvalue weighted by molar-refractivity contribution is -0.157. The SMILES string of the molecule is CCCCCCCCCC[C@@H]1C(=O)OC(C)=C[C@@H]1C(=O)OC. The molecule has 2 atom stereocenters. The van der Waals surface area contributed by atoms with Crippen molar-refractivity contribution in [3.63, 3.8) is 0 Å². The molecule has 0 saturated heterocycles. The molecule has 0 aromatic carbocycles. The second-order valence-electron chi connectivity index (χ2n) is 6.12. The second kappa shape index (κ2) is 10.4. The first-order valence-corrected chi connectivity index (χ1v) is 8.58.